The van der Waals surface area contributed by atoms with Crippen LogP contribution in [0.15, 0.2) is 66.1 Å². The van der Waals surface area contributed by atoms with Gasteiger partial charge in [-0.15, -0.1) is 0 Å². The normalized spacial score (nSPS) is 11.9. The standard InChI is InChI=1S/C25H23ClN4O3S/c1-3-18-9-10-20(21(26)15-18)16-30-17(2)27-22-11-12-23(28-24(22)30)25(31)29-34(32,33)14-13-19-7-5-4-6-8-19/h4-15H,3,16H2,1-2H3,(H,29,31). The zero-order valence-corrected chi connectivity index (χ0v) is 20.3. The lowest BCUT2D eigenvalue weighted by Crippen LogP contribution is -2.29. The van der Waals surface area contributed by atoms with E-state index in [0.29, 0.717) is 34.1 Å². The van der Waals surface area contributed by atoms with E-state index in [4.69, 9.17) is 11.6 Å². The van der Waals surface area contributed by atoms with E-state index in [9.17, 15) is 13.2 Å². The molecule has 34 heavy (non-hydrogen) atoms. The van der Waals surface area contributed by atoms with Crippen molar-refractivity contribution in [2.24, 2.45) is 0 Å². The van der Waals surface area contributed by atoms with E-state index in [1.54, 1.807) is 30.3 Å². The Bertz CT molecular complexity index is 1500. The summed E-state index contributed by atoms with van der Waals surface area (Å²) < 4.78 is 28.6. The number of carbonyl (C=O) groups is 1. The fraction of sp³-hybridized carbons (Fsp3) is 0.160. The molecule has 0 radical (unpaired) electrons. The van der Waals surface area contributed by atoms with Crippen molar-refractivity contribution in [2.75, 3.05) is 0 Å². The summed E-state index contributed by atoms with van der Waals surface area (Å²) >= 11 is 6.47. The highest BCUT2D eigenvalue weighted by molar-refractivity contribution is 7.93. The van der Waals surface area contributed by atoms with Gasteiger partial charge in [-0.2, -0.15) is 0 Å². The molecular weight excluding hydrogens is 472 g/mol. The van der Waals surface area contributed by atoms with Crippen LogP contribution < -0.4 is 4.72 Å². The second-order valence-electron chi connectivity index (χ2n) is 7.75. The molecule has 1 amide bonds. The summed E-state index contributed by atoms with van der Waals surface area (Å²) in [6.07, 6.45) is 2.30. The molecule has 0 aliphatic rings. The van der Waals surface area contributed by atoms with Crippen LogP contribution >= 0.6 is 11.6 Å². The summed E-state index contributed by atoms with van der Waals surface area (Å²) in [5.41, 5.74) is 3.77. The SMILES string of the molecule is CCc1ccc(Cn2c(C)nc3ccc(C(=O)NS(=O)(=O)C=Cc4ccccc4)nc32)c(Cl)c1. The number of halogens is 1. The quantitative estimate of drug-likeness (QED) is 0.400. The minimum absolute atomic E-state index is 0.0298. The molecule has 174 valence electrons. The number of amides is 1. The van der Waals surface area contributed by atoms with E-state index >= 15 is 0 Å². The molecule has 0 atom stereocenters. The summed E-state index contributed by atoms with van der Waals surface area (Å²) in [6, 6.07) is 18.0. The second-order valence-corrected chi connectivity index (χ2v) is 9.73. The first-order valence-electron chi connectivity index (χ1n) is 10.7. The number of sulfonamides is 1. The zero-order chi connectivity index (χ0) is 24.3. The van der Waals surface area contributed by atoms with Crippen LogP contribution in [-0.4, -0.2) is 28.9 Å². The van der Waals surface area contributed by atoms with Gasteiger partial charge in [-0.3, -0.25) is 4.79 Å². The average molecular weight is 495 g/mol. The van der Waals surface area contributed by atoms with Gasteiger partial charge in [-0.05, 0) is 54.3 Å². The molecule has 0 unspecified atom stereocenters. The molecule has 7 nitrogen and oxygen atoms in total. The third-order valence-corrected chi connectivity index (χ3v) is 6.66. The summed E-state index contributed by atoms with van der Waals surface area (Å²) in [5.74, 6) is -0.121. The van der Waals surface area contributed by atoms with Crippen LogP contribution in [-0.2, 0) is 23.0 Å². The lowest BCUT2D eigenvalue weighted by Gasteiger charge is -2.10. The Morgan fingerprint density at radius 1 is 1.09 bits per heavy atom. The average Bonchev–Trinajstić information content (AvgIpc) is 3.13. The number of hydrogen-bond acceptors (Lipinski definition) is 5. The lowest BCUT2D eigenvalue weighted by atomic mass is 10.1. The van der Waals surface area contributed by atoms with Gasteiger partial charge in [0.05, 0.1) is 12.0 Å². The number of fused-ring (bicyclic) bond motifs is 1. The monoisotopic (exact) mass is 494 g/mol. The molecule has 4 rings (SSSR count). The van der Waals surface area contributed by atoms with Gasteiger partial charge >= 0.3 is 0 Å². The van der Waals surface area contributed by atoms with E-state index in [0.717, 1.165) is 23.0 Å². The van der Waals surface area contributed by atoms with Crippen LogP contribution in [0.4, 0.5) is 0 Å². The van der Waals surface area contributed by atoms with E-state index < -0.39 is 15.9 Å². The van der Waals surface area contributed by atoms with E-state index in [1.807, 2.05) is 40.5 Å². The molecule has 0 fully saturated rings. The van der Waals surface area contributed by atoms with Gasteiger partial charge in [0, 0.05) is 5.02 Å². The Kier molecular flexibility index (Phi) is 6.81. The molecule has 0 aliphatic heterocycles. The van der Waals surface area contributed by atoms with Crippen molar-refractivity contribution in [2.45, 2.75) is 26.8 Å². The molecule has 9 heteroatoms. The van der Waals surface area contributed by atoms with Crippen molar-refractivity contribution in [3.05, 3.63) is 99.3 Å². The molecule has 2 aromatic carbocycles. The van der Waals surface area contributed by atoms with E-state index in [-0.39, 0.29) is 5.69 Å². The van der Waals surface area contributed by atoms with Crippen molar-refractivity contribution < 1.29 is 13.2 Å². The molecule has 0 aliphatic carbocycles. The predicted octanol–water partition coefficient (Wildman–Crippen LogP) is 4.73. The minimum Gasteiger partial charge on any atom is -0.308 e. The number of nitrogens with zero attached hydrogens (tertiary/aromatic N) is 3. The van der Waals surface area contributed by atoms with Crippen LogP contribution in [0.25, 0.3) is 17.2 Å². The van der Waals surface area contributed by atoms with Crippen molar-refractivity contribution in [3.63, 3.8) is 0 Å². The predicted molar refractivity (Wildman–Crippen MR) is 134 cm³/mol. The molecular formula is C25H23ClN4O3S. The van der Waals surface area contributed by atoms with Crippen molar-refractivity contribution >= 4 is 44.8 Å². The number of aromatic nitrogens is 3. The molecule has 1 N–H and O–H groups in total. The zero-order valence-electron chi connectivity index (χ0n) is 18.7. The summed E-state index contributed by atoms with van der Waals surface area (Å²) in [5, 5.41) is 1.60. The highest BCUT2D eigenvalue weighted by Gasteiger charge is 2.18. The number of aryl methyl sites for hydroxylation is 2. The molecule has 0 bridgehead atoms. The molecule has 4 aromatic rings. The van der Waals surface area contributed by atoms with Crippen LogP contribution in [0.2, 0.25) is 5.02 Å². The fourth-order valence-electron chi connectivity index (χ4n) is 3.49. The summed E-state index contributed by atoms with van der Waals surface area (Å²) in [7, 11) is -4.01. The Morgan fingerprint density at radius 3 is 2.56 bits per heavy atom. The van der Waals surface area contributed by atoms with Gasteiger partial charge in [-0.25, -0.2) is 23.1 Å². The maximum Gasteiger partial charge on any atom is 0.283 e. The molecule has 0 saturated carbocycles. The highest BCUT2D eigenvalue weighted by atomic mass is 35.5. The number of pyridine rings is 1. The first-order valence-corrected chi connectivity index (χ1v) is 12.6. The summed E-state index contributed by atoms with van der Waals surface area (Å²) in [6.45, 7) is 4.32. The van der Waals surface area contributed by atoms with Gasteiger partial charge < -0.3 is 4.57 Å². The molecule has 2 heterocycles. The fourth-order valence-corrected chi connectivity index (χ4v) is 4.52. The maximum absolute atomic E-state index is 12.7. The first kappa shape index (κ1) is 23.7. The smallest absolute Gasteiger partial charge is 0.283 e. The van der Waals surface area contributed by atoms with Crippen LogP contribution in [0.5, 0.6) is 0 Å². The van der Waals surface area contributed by atoms with Crippen LogP contribution in [0.3, 0.4) is 0 Å². The number of hydrogen-bond donors (Lipinski definition) is 1. The number of nitrogens with one attached hydrogen (secondary N) is 1. The number of carbonyl (C=O) groups excluding carboxylic acids is 1. The van der Waals surface area contributed by atoms with Gasteiger partial charge in [0.25, 0.3) is 15.9 Å². The molecule has 0 spiro atoms. The second kappa shape index (κ2) is 9.79. The van der Waals surface area contributed by atoms with Crippen molar-refractivity contribution in [3.8, 4) is 0 Å². The van der Waals surface area contributed by atoms with Gasteiger partial charge in [0.15, 0.2) is 5.65 Å². The maximum atomic E-state index is 12.7. The third kappa shape index (κ3) is 5.35. The van der Waals surface area contributed by atoms with Gasteiger partial charge in [0.2, 0.25) is 0 Å². The minimum atomic E-state index is -4.01. The van der Waals surface area contributed by atoms with Crippen LogP contribution in [0.1, 0.15) is 39.9 Å². The Labute approximate surface area is 203 Å². The van der Waals surface area contributed by atoms with E-state index in [1.165, 1.54) is 12.1 Å². The molecule has 0 saturated heterocycles. The summed E-state index contributed by atoms with van der Waals surface area (Å²) in [4.78, 5) is 21.6. The lowest BCUT2D eigenvalue weighted by molar-refractivity contribution is 0.0977. The van der Waals surface area contributed by atoms with Crippen molar-refractivity contribution in [1.82, 2.24) is 19.3 Å². The first-order chi connectivity index (χ1) is 16.3. The van der Waals surface area contributed by atoms with E-state index in [2.05, 4.69) is 16.9 Å². The highest BCUT2D eigenvalue weighted by Crippen LogP contribution is 2.23. The third-order valence-electron chi connectivity index (χ3n) is 5.34. The van der Waals surface area contributed by atoms with Crippen LogP contribution in [0, 0.1) is 6.92 Å². The number of imidazole rings is 1. The largest absolute Gasteiger partial charge is 0.308 e. The van der Waals surface area contributed by atoms with Gasteiger partial charge in [-0.1, -0.05) is 61.0 Å². The Balaban J connectivity index is 1.59. The van der Waals surface area contributed by atoms with Crippen molar-refractivity contribution in [1.29, 1.82) is 0 Å². The number of benzene rings is 2. The topological polar surface area (TPSA) is 94.0 Å². The molecule has 2 aromatic heterocycles. The number of rotatable bonds is 7. The Morgan fingerprint density at radius 2 is 1.85 bits per heavy atom. The Hall–Kier alpha value is -3.49. The van der Waals surface area contributed by atoms with Gasteiger partial charge in [0.1, 0.15) is 17.0 Å².